The highest BCUT2D eigenvalue weighted by Gasteiger charge is 2.63. The quantitative estimate of drug-likeness (QED) is 0.650. The molecule has 0 aromatic rings. The zero-order valence-corrected chi connectivity index (χ0v) is 9.60. The second-order valence-corrected chi connectivity index (χ2v) is 3.36. The van der Waals surface area contributed by atoms with Crippen LogP contribution in [0.3, 0.4) is 0 Å². The Morgan fingerprint density at radius 1 is 1.11 bits per heavy atom. The van der Waals surface area contributed by atoms with Gasteiger partial charge in [0.15, 0.2) is 0 Å². The van der Waals surface area contributed by atoms with Gasteiger partial charge in [-0.15, -0.1) is 13.2 Å². The molecule has 18 heavy (non-hydrogen) atoms. The summed E-state index contributed by atoms with van der Waals surface area (Å²) in [4.78, 5) is 11.4. The van der Waals surface area contributed by atoms with Crippen LogP contribution in [0, 0.1) is 22.7 Å². The fourth-order valence-corrected chi connectivity index (χ4v) is 1.45. The van der Waals surface area contributed by atoms with Crippen LogP contribution < -0.4 is 10.6 Å². The van der Waals surface area contributed by atoms with Crippen molar-refractivity contribution in [3.05, 3.63) is 25.3 Å². The van der Waals surface area contributed by atoms with Crippen molar-refractivity contribution in [3.8, 4) is 12.1 Å². The summed E-state index contributed by atoms with van der Waals surface area (Å²) >= 11 is 0. The van der Waals surface area contributed by atoms with Gasteiger partial charge in [-0.05, 0) is 0 Å². The molecular weight excluding hydrogens is 236 g/mol. The van der Waals surface area contributed by atoms with Crippen molar-refractivity contribution in [1.82, 2.24) is 10.6 Å². The second kappa shape index (κ2) is 5.32. The summed E-state index contributed by atoms with van der Waals surface area (Å²) in [6.45, 7) is 6.81. The van der Waals surface area contributed by atoms with Gasteiger partial charge < -0.3 is 9.47 Å². The van der Waals surface area contributed by atoms with E-state index in [1.807, 2.05) is 0 Å². The van der Waals surface area contributed by atoms with Crippen LogP contribution in [0.15, 0.2) is 25.3 Å². The number of carbonyl (C=O) groups excluding carboxylic acids is 1. The van der Waals surface area contributed by atoms with Crippen molar-refractivity contribution < 1.29 is 14.3 Å². The molecule has 0 aromatic heterocycles. The highest BCUT2D eigenvalue weighted by molar-refractivity contribution is 5.80. The standard InChI is InChI=1S/C11H12N4O3/c1-3-5-17-10(7-12)11(8-13,18-6-4-2)15-9(16)14-10/h3-4H,1-2,5-6H2,(H2,14,15,16). The normalized spacial score (nSPS) is 29.6. The third kappa shape index (κ3) is 2.05. The number of hydrogen-bond donors (Lipinski definition) is 2. The fourth-order valence-electron chi connectivity index (χ4n) is 1.45. The van der Waals surface area contributed by atoms with Crippen molar-refractivity contribution in [2.75, 3.05) is 13.2 Å². The topological polar surface area (TPSA) is 107 Å². The first-order valence-electron chi connectivity index (χ1n) is 5.02. The maximum atomic E-state index is 11.4. The molecule has 0 spiro atoms. The van der Waals surface area contributed by atoms with Gasteiger partial charge in [-0.3, -0.25) is 10.6 Å². The summed E-state index contributed by atoms with van der Waals surface area (Å²) < 4.78 is 10.4. The first-order valence-corrected chi connectivity index (χ1v) is 5.02. The summed E-state index contributed by atoms with van der Waals surface area (Å²) in [5, 5.41) is 22.9. The number of hydrogen-bond acceptors (Lipinski definition) is 5. The molecule has 1 fully saturated rings. The van der Waals surface area contributed by atoms with E-state index in [0.29, 0.717) is 0 Å². The van der Waals surface area contributed by atoms with Crippen molar-refractivity contribution in [2.24, 2.45) is 0 Å². The zero-order chi connectivity index (χ0) is 13.6. The molecule has 7 heteroatoms. The lowest BCUT2D eigenvalue weighted by Gasteiger charge is -2.32. The summed E-state index contributed by atoms with van der Waals surface area (Å²) in [7, 11) is 0. The molecule has 7 nitrogen and oxygen atoms in total. The number of nitriles is 2. The maximum Gasteiger partial charge on any atom is 0.321 e. The van der Waals surface area contributed by atoms with Crippen LogP contribution in [0.25, 0.3) is 0 Å². The van der Waals surface area contributed by atoms with Gasteiger partial charge in [0.1, 0.15) is 12.1 Å². The Balaban J connectivity index is 3.14. The van der Waals surface area contributed by atoms with E-state index in [9.17, 15) is 15.3 Å². The van der Waals surface area contributed by atoms with E-state index < -0.39 is 17.5 Å². The van der Waals surface area contributed by atoms with Crippen LogP contribution in [0.5, 0.6) is 0 Å². The Morgan fingerprint density at radius 3 is 1.78 bits per heavy atom. The van der Waals surface area contributed by atoms with Crippen LogP contribution in [-0.4, -0.2) is 30.7 Å². The second-order valence-electron chi connectivity index (χ2n) is 3.36. The van der Waals surface area contributed by atoms with E-state index in [0.717, 1.165) is 0 Å². The number of nitrogens with zero attached hydrogens (tertiary/aromatic N) is 2. The van der Waals surface area contributed by atoms with Gasteiger partial charge in [-0.2, -0.15) is 10.5 Å². The van der Waals surface area contributed by atoms with Crippen molar-refractivity contribution >= 4 is 6.03 Å². The average molecular weight is 248 g/mol. The number of nitrogens with one attached hydrogen (secondary N) is 2. The number of ether oxygens (including phenoxy) is 2. The molecule has 1 aliphatic heterocycles. The lowest BCUT2D eigenvalue weighted by atomic mass is 10.0. The highest BCUT2D eigenvalue weighted by Crippen LogP contribution is 2.29. The third-order valence-electron chi connectivity index (χ3n) is 2.23. The van der Waals surface area contributed by atoms with Crippen LogP contribution >= 0.6 is 0 Å². The first-order chi connectivity index (χ1) is 8.59. The van der Waals surface area contributed by atoms with E-state index >= 15 is 0 Å². The van der Waals surface area contributed by atoms with Crippen molar-refractivity contribution in [1.29, 1.82) is 10.5 Å². The molecular formula is C11H12N4O3. The fraction of sp³-hybridized carbons (Fsp3) is 0.364. The predicted octanol–water partition coefficient (Wildman–Crippen LogP) is 0.144. The zero-order valence-electron chi connectivity index (χ0n) is 9.60. The molecule has 1 aliphatic rings. The van der Waals surface area contributed by atoms with E-state index in [1.54, 1.807) is 12.1 Å². The minimum absolute atomic E-state index is 0.0313. The number of carbonyl (C=O) groups is 1. The molecule has 0 aromatic carbocycles. The van der Waals surface area contributed by atoms with E-state index in [2.05, 4.69) is 23.8 Å². The molecule has 2 unspecified atom stereocenters. The predicted molar refractivity (Wildman–Crippen MR) is 60.7 cm³/mol. The van der Waals surface area contributed by atoms with E-state index in [1.165, 1.54) is 12.2 Å². The minimum atomic E-state index is -1.93. The Morgan fingerprint density at radius 2 is 1.50 bits per heavy atom. The summed E-state index contributed by atoms with van der Waals surface area (Å²) in [5.41, 5.74) is -3.87. The average Bonchev–Trinajstić information content (AvgIpc) is 2.67. The molecule has 2 atom stereocenters. The monoisotopic (exact) mass is 248 g/mol. The van der Waals surface area contributed by atoms with Gasteiger partial charge in [-0.25, -0.2) is 4.79 Å². The molecule has 2 N–H and O–H groups in total. The lowest BCUT2D eigenvalue weighted by molar-refractivity contribution is -0.142. The first kappa shape index (κ1) is 13.7. The number of urea groups is 1. The molecule has 1 saturated heterocycles. The largest absolute Gasteiger partial charge is 0.334 e. The molecule has 2 amide bonds. The Kier molecular flexibility index (Phi) is 4.05. The smallest absolute Gasteiger partial charge is 0.321 e. The molecule has 1 heterocycles. The third-order valence-corrected chi connectivity index (χ3v) is 2.23. The van der Waals surface area contributed by atoms with Crippen molar-refractivity contribution in [3.63, 3.8) is 0 Å². The van der Waals surface area contributed by atoms with E-state index in [-0.39, 0.29) is 13.2 Å². The Bertz CT molecular complexity index is 410. The Labute approximate surface area is 104 Å². The van der Waals surface area contributed by atoms with Gasteiger partial charge in [0, 0.05) is 0 Å². The van der Waals surface area contributed by atoms with Gasteiger partial charge in [0.05, 0.1) is 13.2 Å². The number of rotatable bonds is 6. The molecule has 0 bridgehead atoms. The molecule has 94 valence electrons. The Hall–Kier alpha value is -2.35. The summed E-state index contributed by atoms with van der Waals surface area (Å²) in [5.74, 6) is 0. The molecule has 0 saturated carbocycles. The number of amides is 2. The highest BCUT2D eigenvalue weighted by atomic mass is 16.6. The lowest BCUT2D eigenvalue weighted by Crippen LogP contribution is -2.62. The van der Waals surface area contributed by atoms with Crippen LogP contribution in [-0.2, 0) is 9.47 Å². The molecule has 0 aliphatic carbocycles. The SMILES string of the molecule is C=CCOC1(C#N)NC(=O)NC1(C#N)OCC=C. The van der Waals surface area contributed by atoms with Gasteiger partial charge in [0.2, 0.25) is 0 Å². The molecule has 0 radical (unpaired) electrons. The van der Waals surface area contributed by atoms with Crippen LogP contribution in [0.2, 0.25) is 0 Å². The van der Waals surface area contributed by atoms with Crippen LogP contribution in [0.4, 0.5) is 4.79 Å². The maximum absolute atomic E-state index is 11.4. The van der Waals surface area contributed by atoms with Crippen molar-refractivity contribution in [2.45, 2.75) is 11.4 Å². The summed E-state index contributed by atoms with van der Waals surface area (Å²) in [6.07, 6.45) is 2.78. The summed E-state index contributed by atoms with van der Waals surface area (Å²) in [6, 6.07) is 2.76. The van der Waals surface area contributed by atoms with E-state index in [4.69, 9.17) is 9.47 Å². The van der Waals surface area contributed by atoms with Gasteiger partial charge >= 0.3 is 6.03 Å². The van der Waals surface area contributed by atoms with Gasteiger partial charge in [-0.1, -0.05) is 12.2 Å². The minimum Gasteiger partial charge on any atom is -0.334 e. The molecule has 1 rings (SSSR count). The van der Waals surface area contributed by atoms with Gasteiger partial charge in [0.25, 0.3) is 11.4 Å². The van der Waals surface area contributed by atoms with Crippen LogP contribution in [0.1, 0.15) is 0 Å².